The SMILES string of the molecule is CC(C)C(O)CNC1CCN(CCc2ccccc2)C1. The molecule has 2 rings (SSSR count). The Bertz CT molecular complexity index is 380. The number of rotatable bonds is 7. The Morgan fingerprint density at radius 3 is 2.75 bits per heavy atom. The van der Waals surface area contributed by atoms with Gasteiger partial charge in [0.2, 0.25) is 0 Å². The molecule has 1 aliphatic heterocycles. The summed E-state index contributed by atoms with van der Waals surface area (Å²) in [5.41, 5.74) is 1.42. The molecule has 1 aromatic carbocycles. The van der Waals surface area contributed by atoms with Gasteiger partial charge in [-0.1, -0.05) is 44.2 Å². The molecule has 0 amide bonds. The molecule has 1 heterocycles. The Labute approximate surface area is 123 Å². The van der Waals surface area contributed by atoms with E-state index in [0.29, 0.717) is 12.0 Å². The van der Waals surface area contributed by atoms with E-state index in [9.17, 15) is 5.11 Å². The zero-order valence-corrected chi connectivity index (χ0v) is 12.8. The highest BCUT2D eigenvalue weighted by molar-refractivity contribution is 5.14. The van der Waals surface area contributed by atoms with Gasteiger partial charge in [0, 0.05) is 25.7 Å². The van der Waals surface area contributed by atoms with Gasteiger partial charge in [0.15, 0.2) is 0 Å². The van der Waals surface area contributed by atoms with E-state index in [1.165, 1.54) is 18.5 Å². The molecule has 0 radical (unpaired) electrons. The van der Waals surface area contributed by atoms with E-state index in [2.05, 4.69) is 54.4 Å². The molecule has 0 spiro atoms. The van der Waals surface area contributed by atoms with Crippen LogP contribution in [0.4, 0.5) is 0 Å². The van der Waals surface area contributed by atoms with Crippen molar-refractivity contribution in [2.75, 3.05) is 26.2 Å². The third-order valence-electron chi connectivity index (χ3n) is 4.22. The van der Waals surface area contributed by atoms with Crippen molar-refractivity contribution in [1.29, 1.82) is 0 Å². The van der Waals surface area contributed by atoms with Crippen LogP contribution in [-0.4, -0.2) is 48.3 Å². The Morgan fingerprint density at radius 1 is 1.30 bits per heavy atom. The molecule has 20 heavy (non-hydrogen) atoms. The van der Waals surface area contributed by atoms with E-state index in [0.717, 1.165) is 26.1 Å². The fourth-order valence-corrected chi connectivity index (χ4v) is 2.66. The van der Waals surface area contributed by atoms with Crippen LogP contribution in [0.15, 0.2) is 30.3 Å². The second-order valence-electron chi connectivity index (χ2n) is 6.24. The summed E-state index contributed by atoms with van der Waals surface area (Å²) in [6.07, 6.45) is 2.09. The van der Waals surface area contributed by atoms with E-state index < -0.39 is 0 Å². The molecular formula is C17H28N2O. The van der Waals surface area contributed by atoms with E-state index in [1.807, 2.05) is 0 Å². The highest BCUT2D eigenvalue weighted by atomic mass is 16.3. The van der Waals surface area contributed by atoms with Gasteiger partial charge in [0.05, 0.1) is 6.10 Å². The second-order valence-corrected chi connectivity index (χ2v) is 6.24. The molecule has 3 heteroatoms. The molecule has 3 nitrogen and oxygen atoms in total. The zero-order chi connectivity index (χ0) is 14.4. The van der Waals surface area contributed by atoms with E-state index in [1.54, 1.807) is 0 Å². The summed E-state index contributed by atoms with van der Waals surface area (Å²) in [5, 5.41) is 13.3. The molecule has 1 fully saturated rings. The van der Waals surface area contributed by atoms with Crippen molar-refractivity contribution in [3.05, 3.63) is 35.9 Å². The summed E-state index contributed by atoms with van der Waals surface area (Å²) >= 11 is 0. The van der Waals surface area contributed by atoms with Crippen LogP contribution in [0, 0.1) is 5.92 Å². The maximum atomic E-state index is 9.83. The van der Waals surface area contributed by atoms with Gasteiger partial charge in [-0.25, -0.2) is 0 Å². The fraction of sp³-hybridized carbons (Fsp3) is 0.647. The Hall–Kier alpha value is -0.900. The average molecular weight is 276 g/mol. The largest absolute Gasteiger partial charge is 0.392 e. The van der Waals surface area contributed by atoms with Crippen LogP contribution in [0.25, 0.3) is 0 Å². The van der Waals surface area contributed by atoms with E-state index in [-0.39, 0.29) is 6.10 Å². The molecule has 1 saturated heterocycles. The highest BCUT2D eigenvalue weighted by Crippen LogP contribution is 2.11. The van der Waals surface area contributed by atoms with Crippen molar-refractivity contribution in [3.8, 4) is 0 Å². The first-order valence-corrected chi connectivity index (χ1v) is 7.83. The van der Waals surface area contributed by atoms with Crippen molar-refractivity contribution in [2.45, 2.75) is 38.8 Å². The van der Waals surface area contributed by atoms with Crippen LogP contribution in [0.1, 0.15) is 25.8 Å². The summed E-state index contributed by atoms with van der Waals surface area (Å²) in [6.45, 7) is 8.25. The zero-order valence-electron chi connectivity index (χ0n) is 12.8. The van der Waals surface area contributed by atoms with Gasteiger partial charge in [-0.3, -0.25) is 0 Å². The highest BCUT2D eigenvalue weighted by Gasteiger charge is 2.22. The summed E-state index contributed by atoms with van der Waals surface area (Å²) < 4.78 is 0. The third kappa shape index (κ3) is 4.89. The average Bonchev–Trinajstić information content (AvgIpc) is 2.91. The lowest BCUT2D eigenvalue weighted by Crippen LogP contribution is -2.39. The maximum Gasteiger partial charge on any atom is 0.0687 e. The smallest absolute Gasteiger partial charge is 0.0687 e. The minimum atomic E-state index is -0.228. The van der Waals surface area contributed by atoms with Gasteiger partial charge < -0.3 is 15.3 Å². The van der Waals surface area contributed by atoms with Crippen LogP contribution >= 0.6 is 0 Å². The number of likely N-dealkylation sites (tertiary alicyclic amines) is 1. The molecule has 0 aliphatic carbocycles. The Balaban J connectivity index is 1.65. The number of aliphatic hydroxyl groups excluding tert-OH is 1. The molecule has 0 saturated carbocycles. The van der Waals surface area contributed by atoms with Crippen LogP contribution in [-0.2, 0) is 6.42 Å². The van der Waals surface area contributed by atoms with Crippen molar-refractivity contribution in [2.24, 2.45) is 5.92 Å². The predicted molar refractivity (Wildman–Crippen MR) is 83.8 cm³/mol. The molecule has 0 bridgehead atoms. The van der Waals surface area contributed by atoms with Crippen molar-refractivity contribution in [1.82, 2.24) is 10.2 Å². The van der Waals surface area contributed by atoms with Crippen molar-refractivity contribution >= 4 is 0 Å². The number of aliphatic hydroxyl groups is 1. The first kappa shape index (κ1) is 15.5. The molecule has 1 aliphatic rings. The lowest BCUT2D eigenvalue weighted by atomic mass is 10.1. The minimum absolute atomic E-state index is 0.228. The summed E-state index contributed by atoms with van der Waals surface area (Å²) in [7, 11) is 0. The molecule has 2 N–H and O–H groups in total. The normalized spacial score (nSPS) is 21.5. The maximum absolute atomic E-state index is 9.83. The molecule has 112 valence electrons. The molecule has 0 aromatic heterocycles. The first-order valence-electron chi connectivity index (χ1n) is 7.83. The van der Waals surface area contributed by atoms with Crippen LogP contribution in [0.3, 0.4) is 0 Å². The lowest BCUT2D eigenvalue weighted by Gasteiger charge is -2.20. The minimum Gasteiger partial charge on any atom is -0.392 e. The van der Waals surface area contributed by atoms with E-state index in [4.69, 9.17) is 0 Å². The Kier molecular flexibility index (Phi) is 6.02. The second kappa shape index (κ2) is 7.77. The summed E-state index contributed by atoms with van der Waals surface area (Å²) in [5.74, 6) is 0.332. The number of hydrogen-bond donors (Lipinski definition) is 2. The number of hydrogen-bond acceptors (Lipinski definition) is 3. The van der Waals surface area contributed by atoms with Crippen LogP contribution < -0.4 is 5.32 Å². The molecule has 2 atom stereocenters. The summed E-state index contributed by atoms with van der Waals surface area (Å²) in [6, 6.07) is 11.2. The number of nitrogens with one attached hydrogen (secondary N) is 1. The standard InChI is InChI=1S/C17H28N2O/c1-14(2)17(20)12-18-16-9-11-19(13-16)10-8-15-6-4-3-5-7-15/h3-7,14,16-18,20H,8-13H2,1-2H3. The fourth-order valence-electron chi connectivity index (χ4n) is 2.66. The summed E-state index contributed by atoms with van der Waals surface area (Å²) in [4.78, 5) is 2.52. The van der Waals surface area contributed by atoms with Crippen LogP contribution in [0.2, 0.25) is 0 Å². The lowest BCUT2D eigenvalue weighted by molar-refractivity contribution is 0.120. The van der Waals surface area contributed by atoms with E-state index >= 15 is 0 Å². The van der Waals surface area contributed by atoms with Crippen LogP contribution in [0.5, 0.6) is 0 Å². The topological polar surface area (TPSA) is 35.5 Å². The van der Waals surface area contributed by atoms with Gasteiger partial charge in [-0.05, 0) is 30.9 Å². The van der Waals surface area contributed by atoms with Crippen molar-refractivity contribution in [3.63, 3.8) is 0 Å². The number of nitrogens with zero attached hydrogens (tertiary/aromatic N) is 1. The molecule has 2 unspecified atom stereocenters. The third-order valence-corrected chi connectivity index (χ3v) is 4.22. The van der Waals surface area contributed by atoms with Crippen molar-refractivity contribution < 1.29 is 5.11 Å². The van der Waals surface area contributed by atoms with Gasteiger partial charge in [-0.15, -0.1) is 0 Å². The quantitative estimate of drug-likeness (QED) is 0.798. The first-order chi connectivity index (χ1) is 9.65. The van der Waals surface area contributed by atoms with Gasteiger partial charge in [0.1, 0.15) is 0 Å². The monoisotopic (exact) mass is 276 g/mol. The van der Waals surface area contributed by atoms with Gasteiger partial charge in [0.25, 0.3) is 0 Å². The van der Waals surface area contributed by atoms with Gasteiger partial charge in [-0.2, -0.15) is 0 Å². The van der Waals surface area contributed by atoms with Gasteiger partial charge >= 0.3 is 0 Å². The Morgan fingerprint density at radius 2 is 2.05 bits per heavy atom. The molecular weight excluding hydrogens is 248 g/mol. The molecule has 1 aromatic rings. The number of benzene rings is 1. The predicted octanol–water partition coefficient (Wildman–Crippen LogP) is 1.91.